The minimum absolute atomic E-state index is 0.184. The zero-order valence-electron chi connectivity index (χ0n) is 13.9. The lowest BCUT2D eigenvalue weighted by molar-refractivity contribution is 0.207. The van der Waals surface area contributed by atoms with Crippen molar-refractivity contribution < 1.29 is 9.53 Å². The molecule has 2 amide bonds. The van der Waals surface area contributed by atoms with Crippen LogP contribution in [-0.2, 0) is 13.1 Å². The third-order valence-electron chi connectivity index (χ3n) is 4.10. The standard InChI is InChI=1S/C18H23N3O2S/c1-13-19-11-16(24-13)12-21-18(22)20-10-14-6-2-5-9-17(14)23-15-7-3-4-8-15/h2,5-6,9,11,15H,3-4,7-8,10,12H2,1H3,(H2,20,21,22). The van der Waals surface area contributed by atoms with Crippen LogP contribution in [0.3, 0.4) is 0 Å². The Hall–Kier alpha value is -2.08. The Bertz CT molecular complexity index is 680. The van der Waals surface area contributed by atoms with Crippen molar-refractivity contribution in [2.24, 2.45) is 0 Å². The summed E-state index contributed by atoms with van der Waals surface area (Å²) in [5.74, 6) is 0.878. The first-order chi connectivity index (χ1) is 11.7. The highest BCUT2D eigenvalue weighted by atomic mass is 32.1. The Kier molecular flexibility index (Phi) is 5.69. The van der Waals surface area contributed by atoms with Crippen molar-refractivity contribution >= 4 is 17.4 Å². The van der Waals surface area contributed by atoms with Gasteiger partial charge in [-0.1, -0.05) is 18.2 Å². The molecule has 1 aliphatic carbocycles. The van der Waals surface area contributed by atoms with E-state index in [4.69, 9.17) is 4.74 Å². The van der Waals surface area contributed by atoms with Crippen LogP contribution in [0.4, 0.5) is 4.79 Å². The molecule has 6 heteroatoms. The third kappa shape index (κ3) is 4.71. The van der Waals surface area contributed by atoms with Crippen LogP contribution in [0.25, 0.3) is 0 Å². The molecule has 0 saturated heterocycles. The summed E-state index contributed by atoms with van der Waals surface area (Å²) < 4.78 is 6.09. The molecule has 0 atom stereocenters. The zero-order chi connectivity index (χ0) is 16.8. The predicted molar refractivity (Wildman–Crippen MR) is 95.3 cm³/mol. The van der Waals surface area contributed by atoms with E-state index in [2.05, 4.69) is 15.6 Å². The SMILES string of the molecule is Cc1ncc(CNC(=O)NCc2ccccc2OC2CCCC2)s1. The molecule has 24 heavy (non-hydrogen) atoms. The summed E-state index contributed by atoms with van der Waals surface area (Å²) in [7, 11) is 0. The number of benzene rings is 1. The number of rotatable bonds is 6. The van der Waals surface area contributed by atoms with Crippen LogP contribution in [0.5, 0.6) is 5.75 Å². The van der Waals surface area contributed by atoms with Gasteiger partial charge in [0.1, 0.15) is 5.75 Å². The number of amides is 2. The van der Waals surface area contributed by atoms with E-state index in [-0.39, 0.29) is 6.03 Å². The minimum atomic E-state index is -0.184. The molecule has 0 spiro atoms. The Balaban J connectivity index is 1.49. The van der Waals surface area contributed by atoms with Crippen molar-refractivity contribution in [1.29, 1.82) is 0 Å². The van der Waals surface area contributed by atoms with Gasteiger partial charge >= 0.3 is 6.03 Å². The van der Waals surface area contributed by atoms with Crippen molar-refractivity contribution in [1.82, 2.24) is 15.6 Å². The molecule has 2 N–H and O–H groups in total. The average Bonchev–Trinajstić information content (AvgIpc) is 3.24. The van der Waals surface area contributed by atoms with Crippen LogP contribution < -0.4 is 15.4 Å². The molecule has 1 heterocycles. The maximum atomic E-state index is 12.0. The first kappa shape index (κ1) is 16.8. The molecular formula is C18H23N3O2S. The number of nitrogens with one attached hydrogen (secondary N) is 2. The summed E-state index contributed by atoms with van der Waals surface area (Å²) in [4.78, 5) is 17.2. The van der Waals surface area contributed by atoms with E-state index >= 15 is 0 Å². The summed E-state index contributed by atoms with van der Waals surface area (Å²) in [6.07, 6.45) is 6.84. The number of hydrogen-bond donors (Lipinski definition) is 2. The van der Waals surface area contributed by atoms with Crippen LogP contribution in [0.1, 0.15) is 41.1 Å². The molecule has 1 fully saturated rings. The Morgan fingerprint density at radius 3 is 2.75 bits per heavy atom. The topological polar surface area (TPSA) is 63.2 Å². The number of nitrogens with zero attached hydrogens (tertiary/aromatic N) is 1. The highest BCUT2D eigenvalue weighted by Crippen LogP contribution is 2.26. The Morgan fingerprint density at radius 2 is 2.00 bits per heavy atom. The average molecular weight is 345 g/mol. The maximum absolute atomic E-state index is 12.0. The molecule has 0 aliphatic heterocycles. The van der Waals surface area contributed by atoms with Gasteiger partial charge in [0, 0.05) is 23.2 Å². The van der Waals surface area contributed by atoms with E-state index in [1.54, 1.807) is 17.5 Å². The van der Waals surface area contributed by atoms with Gasteiger partial charge in [-0.05, 0) is 38.7 Å². The highest BCUT2D eigenvalue weighted by molar-refractivity contribution is 7.11. The molecule has 1 aliphatic rings. The number of ether oxygens (including phenoxy) is 1. The van der Waals surface area contributed by atoms with E-state index < -0.39 is 0 Å². The molecule has 1 aromatic heterocycles. The second-order valence-corrected chi connectivity index (χ2v) is 7.33. The minimum Gasteiger partial charge on any atom is -0.490 e. The number of aromatic nitrogens is 1. The van der Waals surface area contributed by atoms with Gasteiger partial charge in [-0.2, -0.15) is 0 Å². The molecular weight excluding hydrogens is 322 g/mol. The second kappa shape index (κ2) is 8.15. The fraction of sp³-hybridized carbons (Fsp3) is 0.444. The lowest BCUT2D eigenvalue weighted by atomic mass is 10.2. The van der Waals surface area contributed by atoms with Crippen LogP contribution in [0, 0.1) is 6.92 Å². The molecule has 128 valence electrons. The normalized spacial score (nSPS) is 14.5. The van der Waals surface area contributed by atoms with Crippen molar-refractivity contribution in [3.8, 4) is 5.75 Å². The number of carbonyl (C=O) groups excluding carboxylic acids is 1. The fourth-order valence-corrected chi connectivity index (χ4v) is 3.58. The van der Waals surface area contributed by atoms with E-state index in [0.717, 1.165) is 34.0 Å². The quantitative estimate of drug-likeness (QED) is 0.837. The number of aryl methyl sites for hydroxylation is 1. The van der Waals surface area contributed by atoms with E-state index in [9.17, 15) is 4.79 Å². The summed E-state index contributed by atoms with van der Waals surface area (Å²) >= 11 is 1.59. The fourth-order valence-electron chi connectivity index (χ4n) is 2.84. The van der Waals surface area contributed by atoms with Gasteiger partial charge in [-0.25, -0.2) is 9.78 Å². The number of thiazole rings is 1. The molecule has 1 saturated carbocycles. The molecule has 0 unspecified atom stereocenters. The van der Waals surface area contributed by atoms with Crippen molar-refractivity contribution in [2.45, 2.75) is 51.8 Å². The number of para-hydroxylation sites is 1. The largest absolute Gasteiger partial charge is 0.490 e. The summed E-state index contributed by atoms with van der Waals surface area (Å²) in [6.45, 7) is 2.91. The monoisotopic (exact) mass is 345 g/mol. The van der Waals surface area contributed by atoms with Gasteiger partial charge in [0.25, 0.3) is 0 Å². The number of carbonyl (C=O) groups is 1. The molecule has 0 radical (unpaired) electrons. The van der Waals surface area contributed by atoms with Crippen LogP contribution in [0.2, 0.25) is 0 Å². The second-order valence-electron chi connectivity index (χ2n) is 6.01. The number of hydrogen-bond acceptors (Lipinski definition) is 4. The Labute approximate surface area is 146 Å². The lowest BCUT2D eigenvalue weighted by Crippen LogP contribution is -2.34. The van der Waals surface area contributed by atoms with Gasteiger partial charge in [-0.15, -0.1) is 11.3 Å². The van der Waals surface area contributed by atoms with Gasteiger partial charge in [0.2, 0.25) is 0 Å². The zero-order valence-corrected chi connectivity index (χ0v) is 14.7. The maximum Gasteiger partial charge on any atom is 0.315 e. The Morgan fingerprint density at radius 1 is 1.25 bits per heavy atom. The van der Waals surface area contributed by atoms with E-state index in [1.807, 2.05) is 31.2 Å². The third-order valence-corrected chi connectivity index (χ3v) is 5.01. The highest BCUT2D eigenvalue weighted by Gasteiger charge is 2.17. The summed E-state index contributed by atoms with van der Waals surface area (Å²) in [5, 5.41) is 6.75. The van der Waals surface area contributed by atoms with Crippen molar-refractivity contribution in [2.75, 3.05) is 0 Å². The van der Waals surface area contributed by atoms with Crippen molar-refractivity contribution in [3.63, 3.8) is 0 Å². The van der Waals surface area contributed by atoms with Crippen LogP contribution in [-0.4, -0.2) is 17.1 Å². The lowest BCUT2D eigenvalue weighted by Gasteiger charge is -2.17. The van der Waals surface area contributed by atoms with Gasteiger partial charge in [-0.3, -0.25) is 0 Å². The van der Waals surface area contributed by atoms with Crippen molar-refractivity contribution in [3.05, 3.63) is 45.9 Å². The molecule has 0 bridgehead atoms. The van der Waals surface area contributed by atoms with E-state index in [0.29, 0.717) is 19.2 Å². The van der Waals surface area contributed by atoms with Crippen LogP contribution in [0.15, 0.2) is 30.5 Å². The summed E-state index contributed by atoms with van der Waals surface area (Å²) in [6, 6.07) is 7.73. The molecule has 2 aromatic rings. The molecule has 5 nitrogen and oxygen atoms in total. The molecule has 1 aromatic carbocycles. The predicted octanol–water partition coefficient (Wildman–Crippen LogP) is 3.77. The first-order valence-corrected chi connectivity index (χ1v) is 9.20. The van der Waals surface area contributed by atoms with Gasteiger partial charge in [0.05, 0.1) is 17.7 Å². The van der Waals surface area contributed by atoms with E-state index in [1.165, 1.54) is 12.8 Å². The van der Waals surface area contributed by atoms with Gasteiger partial charge < -0.3 is 15.4 Å². The summed E-state index contributed by atoms with van der Waals surface area (Å²) in [5.41, 5.74) is 1.01. The first-order valence-electron chi connectivity index (χ1n) is 8.38. The molecule has 3 rings (SSSR count). The van der Waals surface area contributed by atoms with Crippen LogP contribution >= 0.6 is 11.3 Å². The van der Waals surface area contributed by atoms with Gasteiger partial charge in [0.15, 0.2) is 0 Å². The number of urea groups is 1. The smallest absolute Gasteiger partial charge is 0.315 e.